The van der Waals surface area contributed by atoms with Gasteiger partial charge in [0.25, 0.3) is 0 Å². The van der Waals surface area contributed by atoms with Crippen LogP contribution in [0.4, 0.5) is 5.69 Å². The van der Waals surface area contributed by atoms with Crippen LogP contribution in [-0.2, 0) is 16.0 Å². The minimum atomic E-state index is -0.184. The summed E-state index contributed by atoms with van der Waals surface area (Å²) in [5.41, 5.74) is 2.43. The van der Waals surface area contributed by atoms with Crippen LogP contribution in [0.3, 0.4) is 0 Å². The van der Waals surface area contributed by atoms with E-state index in [1.165, 1.54) is 37.7 Å². The van der Waals surface area contributed by atoms with Crippen molar-refractivity contribution in [2.75, 3.05) is 11.4 Å². The fourth-order valence-corrected chi connectivity index (χ4v) is 3.97. The van der Waals surface area contributed by atoms with Crippen LogP contribution in [0.25, 0.3) is 0 Å². The molecule has 26 heavy (non-hydrogen) atoms. The quantitative estimate of drug-likeness (QED) is 0.484. The number of nitrogens with one attached hydrogen (secondary N) is 1. The SMILES string of the molecule is CC1CCCCC1.O=C1CCC(N2CCc3ccccc32)C(=O)N1.[CH3-].[Cs+]. The summed E-state index contributed by atoms with van der Waals surface area (Å²) in [4.78, 5) is 25.1. The zero-order valence-corrected chi connectivity index (χ0v) is 22.9. The van der Waals surface area contributed by atoms with E-state index in [0.717, 1.165) is 24.6 Å². The van der Waals surface area contributed by atoms with Crippen LogP contribution in [0.5, 0.6) is 0 Å². The molecular formula is C21H31CsN2O2. The smallest absolute Gasteiger partial charge is 0.359 e. The molecule has 3 aliphatic rings. The minimum absolute atomic E-state index is 0. The van der Waals surface area contributed by atoms with E-state index >= 15 is 0 Å². The summed E-state index contributed by atoms with van der Waals surface area (Å²) >= 11 is 0. The van der Waals surface area contributed by atoms with E-state index in [2.05, 4.69) is 23.2 Å². The molecule has 1 aliphatic carbocycles. The number of carbonyl (C=O) groups excluding carboxylic acids is 2. The zero-order valence-electron chi connectivity index (χ0n) is 16.6. The second kappa shape index (κ2) is 11.9. The first-order valence-corrected chi connectivity index (χ1v) is 9.33. The number of para-hydroxylation sites is 1. The molecule has 2 fully saturated rings. The average molecular weight is 476 g/mol. The Balaban J connectivity index is 0.000000322. The van der Waals surface area contributed by atoms with Gasteiger partial charge in [-0.15, -0.1) is 0 Å². The summed E-state index contributed by atoms with van der Waals surface area (Å²) < 4.78 is 0. The minimum Gasteiger partial charge on any atom is -0.359 e. The third-order valence-electron chi connectivity index (χ3n) is 5.40. The predicted octanol–water partition coefficient (Wildman–Crippen LogP) is 0.895. The Labute approximate surface area is 217 Å². The summed E-state index contributed by atoms with van der Waals surface area (Å²) in [6.07, 6.45) is 9.48. The van der Waals surface area contributed by atoms with Crippen molar-refractivity contribution in [1.82, 2.24) is 5.32 Å². The Kier molecular flexibility index (Phi) is 11.1. The molecule has 1 saturated heterocycles. The number of fused-ring (bicyclic) bond motifs is 1. The maximum absolute atomic E-state index is 11.8. The van der Waals surface area contributed by atoms with Gasteiger partial charge in [-0.05, 0) is 30.4 Å². The molecule has 4 nitrogen and oxygen atoms in total. The molecule has 1 saturated carbocycles. The second-order valence-electron chi connectivity index (χ2n) is 7.28. The predicted molar refractivity (Wildman–Crippen MR) is 102 cm³/mol. The molecule has 1 aromatic rings. The summed E-state index contributed by atoms with van der Waals surface area (Å²) in [5, 5.41) is 2.42. The maximum Gasteiger partial charge on any atom is 1.00 e. The molecule has 1 atom stereocenters. The number of carbonyl (C=O) groups is 2. The first-order chi connectivity index (χ1) is 11.6. The van der Waals surface area contributed by atoms with E-state index < -0.39 is 0 Å². The topological polar surface area (TPSA) is 49.4 Å². The molecule has 1 N–H and O–H groups in total. The first kappa shape index (κ1) is 24.3. The molecule has 138 valence electrons. The van der Waals surface area contributed by atoms with Gasteiger partial charge in [-0.25, -0.2) is 0 Å². The number of nitrogens with zero attached hydrogens (tertiary/aromatic N) is 1. The molecule has 0 spiro atoms. The van der Waals surface area contributed by atoms with E-state index in [9.17, 15) is 9.59 Å². The monoisotopic (exact) mass is 476 g/mol. The summed E-state index contributed by atoms with van der Waals surface area (Å²) in [7, 11) is 0. The number of hydrogen-bond acceptors (Lipinski definition) is 3. The molecule has 0 radical (unpaired) electrons. The normalized spacial score (nSPS) is 22.2. The van der Waals surface area contributed by atoms with E-state index in [-0.39, 0.29) is 94.2 Å². The van der Waals surface area contributed by atoms with Crippen LogP contribution in [0.15, 0.2) is 24.3 Å². The third kappa shape index (κ3) is 6.38. The van der Waals surface area contributed by atoms with Gasteiger partial charge in [0.05, 0.1) is 0 Å². The van der Waals surface area contributed by atoms with Crippen LogP contribution in [0, 0.1) is 13.3 Å². The van der Waals surface area contributed by atoms with Gasteiger partial charge in [0.1, 0.15) is 6.04 Å². The Morgan fingerprint density at radius 2 is 1.69 bits per heavy atom. The van der Waals surface area contributed by atoms with Crippen LogP contribution >= 0.6 is 0 Å². The fourth-order valence-electron chi connectivity index (χ4n) is 3.97. The summed E-state index contributed by atoms with van der Waals surface area (Å²) in [5.74, 6) is 0.727. The first-order valence-electron chi connectivity index (χ1n) is 9.33. The van der Waals surface area contributed by atoms with Crippen molar-refractivity contribution in [3.8, 4) is 0 Å². The molecule has 0 aromatic heterocycles. The van der Waals surface area contributed by atoms with Gasteiger partial charge < -0.3 is 12.3 Å². The second-order valence-corrected chi connectivity index (χ2v) is 7.28. The Morgan fingerprint density at radius 1 is 1.00 bits per heavy atom. The zero-order chi connectivity index (χ0) is 16.9. The third-order valence-corrected chi connectivity index (χ3v) is 5.40. The van der Waals surface area contributed by atoms with E-state index in [4.69, 9.17) is 0 Å². The van der Waals surface area contributed by atoms with E-state index in [1.54, 1.807) is 0 Å². The largest absolute Gasteiger partial charge is 1.00 e. The van der Waals surface area contributed by atoms with Gasteiger partial charge in [-0.3, -0.25) is 14.9 Å². The van der Waals surface area contributed by atoms with Crippen LogP contribution in [0.2, 0.25) is 0 Å². The van der Waals surface area contributed by atoms with Crippen molar-refractivity contribution < 1.29 is 78.5 Å². The fraction of sp³-hybridized carbons (Fsp3) is 0.571. The standard InChI is InChI=1S/C13H14N2O2.C7H14.CH3.Cs/c16-12-6-5-11(13(17)14-12)15-8-7-9-3-1-2-4-10(9)15;1-7-5-3-2-4-6-7;;/h1-4,11H,5-8H2,(H,14,16,17);7H,2-6H2,1H3;1H3;/q;;-1;+1. The molecule has 0 bridgehead atoms. The molecule has 1 aromatic carbocycles. The van der Waals surface area contributed by atoms with Gasteiger partial charge >= 0.3 is 68.9 Å². The van der Waals surface area contributed by atoms with Gasteiger partial charge in [0.15, 0.2) is 0 Å². The molecule has 2 aliphatic heterocycles. The van der Waals surface area contributed by atoms with Crippen molar-refractivity contribution in [1.29, 1.82) is 0 Å². The number of imide groups is 1. The maximum atomic E-state index is 11.8. The van der Waals surface area contributed by atoms with Crippen molar-refractivity contribution in [3.05, 3.63) is 37.3 Å². The van der Waals surface area contributed by atoms with Gasteiger partial charge in [-0.2, -0.15) is 0 Å². The van der Waals surface area contributed by atoms with Crippen LogP contribution in [0.1, 0.15) is 57.4 Å². The summed E-state index contributed by atoms with van der Waals surface area (Å²) in [6, 6.07) is 7.97. The van der Waals surface area contributed by atoms with E-state index in [1.807, 2.05) is 18.2 Å². The van der Waals surface area contributed by atoms with Crippen molar-refractivity contribution >= 4 is 17.5 Å². The van der Waals surface area contributed by atoms with Crippen LogP contribution in [-0.4, -0.2) is 24.4 Å². The number of benzene rings is 1. The Bertz CT molecular complexity index is 599. The van der Waals surface area contributed by atoms with Crippen molar-refractivity contribution in [2.24, 2.45) is 5.92 Å². The average Bonchev–Trinajstić information content (AvgIpc) is 3.00. The number of anilines is 1. The number of rotatable bonds is 1. The number of hydrogen-bond donors (Lipinski definition) is 1. The molecule has 2 heterocycles. The van der Waals surface area contributed by atoms with Crippen molar-refractivity contribution in [3.63, 3.8) is 0 Å². The Morgan fingerprint density at radius 3 is 2.31 bits per heavy atom. The van der Waals surface area contributed by atoms with Crippen LogP contribution < -0.4 is 79.1 Å². The number of piperidine rings is 1. The van der Waals surface area contributed by atoms with Gasteiger partial charge in [0.2, 0.25) is 11.8 Å². The van der Waals surface area contributed by atoms with Gasteiger partial charge in [0, 0.05) is 18.7 Å². The summed E-state index contributed by atoms with van der Waals surface area (Å²) in [6.45, 7) is 3.23. The molecule has 1 unspecified atom stereocenters. The number of amides is 2. The van der Waals surface area contributed by atoms with E-state index in [0.29, 0.717) is 12.8 Å². The molecular weight excluding hydrogens is 445 g/mol. The molecule has 2 amide bonds. The Hall–Kier alpha value is 0.212. The molecule has 5 heteroatoms. The van der Waals surface area contributed by atoms with Crippen molar-refractivity contribution in [2.45, 2.75) is 64.3 Å². The van der Waals surface area contributed by atoms with Gasteiger partial charge in [-0.1, -0.05) is 57.2 Å². The molecule has 4 rings (SSSR count).